The molecule has 1 amide bonds. The molecule has 1 N–H and O–H groups in total. The highest BCUT2D eigenvalue weighted by Crippen LogP contribution is 2.25. The standard InChI is InChI=1S/C19H29N3O2/c1-15-6-5-7-17(12-15)24-14-19(23)21-18-9-8-16(13-20-18)22-10-3-2-4-11-22/h8-9,13,15,17H,2-7,10-12,14H2,1H3,(H,20,21,23). The zero-order valence-electron chi connectivity index (χ0n) is 14.7. The maximum absolute atomic E-state index is 12.0. The molecule has 0 aromatic carbocycles. The molecule has 1 aliphatic carbocycles. The number of nitrogens with one attached hydrogen (secondary N) is 1. The molecule has 0 radical (unpaired) electrons. The number of carbonyl (C=O) groups excluding carboxylic acids is 1. The lowest BCUT2D eigenvalue weighted by Crippen LogP contribution is -2.29. The van der Waals surface area contributed by atoms with E-state index in [4.69, 9.17) is 4.74 Å². The zero-order chi connectivity index (χ0) is 16.8. The maximum atomic E-state index is 12.0. The molecule has 2 aliphatic rings. The van der Waals surface area contributed by atoms with Gasteiger partial charge in [-0.15, -0.1) is 0 Å². The lowest BCUT2D eigenvalue weighted by atomic mass is 9.89. The third kappa shape index (κ3) is 4.94. The minimum atomic E-state index is -0.119. The number of nitrogens with zero attached hydrogens (tertiary/aromatic N) is 2. The maximum Gasteiger partial charge on any atom is 0.251 e. The Balaban J connectivity index is 1.44. The summed E-state index contributed by atoms with van der Waals surface area (Å²) in [6, 6.07) is 3.92. The summed E-state index contributed by atoms with van der Waals surface area (Å²) < 4.78 is 5.76. The predicted molar refractivity (Wildman–Crippen MR) is 96.3 cm³/mol. The Morgan fingerprint density at radius 1 is 1.25 bits per heavy atom. The van der Waals surface area contributed by atoms with Crippen molar-refractivity contribution in [3.8, 4) is 0 Å². The van der Waals surface area contributed by atoms with Crippen molar-refractivity contribution in [3.05, 3.63) is 18.3 Å². The van der Waals surface area contributed by atoms with Gasteiger partial charge in [0.2, 0.25) is 0 Å². The van der Waals surface area contributed by atoms with E-state index in [1.54, 1.807) is 0 Å². The number of amides is 1. The quantitative estimate of drug-likeness (QED) is 0.895. The minimum absolute atomic E-state index is 0.118. The number of aromatic nitrogens is 1. The van der Waals surface area contributed by atoms with Gasteiger partial charge in [0.1, 0.15) is 12.4 Å². The molecule has 2 fully saturated rings. The Bertz CT molecular complexity index is 526. The number of piperidine rings is 1. The van der Waals surface area contributed by atoms with Crippen molar-refractivity contribution in [3.63, 3.8) is 0 Å². The zero-order valence-corrected chi connectivity index (χ0v) is 14.7. The second-order valence-corrected chi connectivity index (χ2v) is 7.20. The number of ether oxygens (including phenoxy) is 1. The van der Waals surface area contributed by atoms with E-state index in [0.717, 1.165) is 31.6 Å². The predicted octanol–water partition coefficient (Wildman–Crippen LogP) is 3.61. The van der Waals surface area contributed by atoms with Crippen LogP contribution in [0.25, 0.3) is 0 Å². The molecule has 3 rings (SSSR count). The Labute approximate surface area is 144 Å². The van der Waals surface area contributed by atoms with Gasteiger partial charge in [-0.05, 0) is 50.2 Å². The van der Waals surface area contributed by atoms with Crippen LogP contribution in [0.4, 0.5) is 11.5 Å². The Kier molecular flexibility index (Phi) is 6.07. The van der Waals surface area contributed by atoms with Crippen LogP contribution >= 0.6 is 0 Å². The van der Waals surface area contributed by atoms with E-state index in [2.05, 4.69) is 22.1 Å². The first-order valence-electron chi connectivity index (χ1n) is 9.33. The van der Waals surface area contributed by atoms with Gasteiger partial charge >= 0.3 is 0 Å². The van der Waals surface area contributed by atoms with Gasteiger partial charge in [-0.2, -0.15) is 0 Å². The number of hydrogen-bond acceptors (Lipinski definition) is 4. The van der Waals surface area contributed by atoms with Gasteiger partial charge in [-0.25, -0.2) is 4.98 Å². The van der Waals surface area contributed by atoms with Crippen molar-refractivity contribution in [2.75, 3.05) is 29.9 Å². The molecule has 1 aromatic heterocycles. The summed E-state index contributed by atoms with van der Waals surface area (Å²) in [6.07, 6.45) is 10.5. The van der Waals surface area contributed by atoms with Crippen LogP contribution in [0.3, 0.4) is 0 Å². The molecular weight excluding hydrogens is 302 g/mol. The van der Waals surface area contributed by atoms with Crippen LogP contribution in [0.5, 0.6) is 0 Å². The molecule has 2 unspecified atom stereocenters. The number of hydrogen-bond donors (Lipinski definition) is 1. The molecule has 0 spiro atoms. The van der Waals surface area contributed by atoms with E-state index in [1.807, 2.05) is 18.3 Å². The fourth-order valence-corrected chi connectivity index (χ4v) is 3.70. The average molecular weight is 331 g/mol. The third-order valence-corrected chi connectivity index (χ3v) is 5.07. The SMILES string of the molecule is CC1CCCC(OCC(=O)Nc2ccc(N3CCCCC3)cn2)C1. The van der Waals surface area contributed by atoms with Crippen molar-refractivity contribution < 1.29 is 9.53 Å². The van der Waals surface area contributed by atoms with E-state index >= 15 is 0 Å². The number of anilines is 2. The molecule has 0 bridgehead atoms. The highest BCUT2D eigenvalue weighted by Gasteiger charge is 2.20. The molecule has 2 heterocycles. The van der Waals surface area contributed by atoms with Crippen LogP contribution in [0.2, 0.25) is 0 Å². The minimum Gasteiger partial charge on any atom is -0.370 e. The van der Waals surface area contributed by atoms with E-state index in [1.165, 1.54) is 32.1 Å². The molecule has 1 saturated heterocycles. The van der Waals surface area contributed by atoms with Crippen LogP contribution in [0.15, 0.2) is 18.3 Å². The largest absolute Gasteiger partial charge is 0.370 e. The number of pyridine rings is 1. The molecule has 1 saturated carbocycles. The van der Waals surface area contributed by atoms with Gasteiger partial charge in [0.25, 0.3) is 5.91 Å². The topological polar surface area (TPSA) is 54.5 Å². The molecule has 132 valence electrons. The first kappa shape index (κ1) is 17.2. The molecule has 1 aromatic rings. The van der Waals surface area contributed by atoms with Crippen LogP contribution in [-0.4, -0.2) is 36.7 Å². The highest BCUT2D eigenvalue weighted by molar-refractivity contribution is 5.90. The highest BCUT2D eigenvalue weighted by atomic mass is 16.5. The fraction of sp³-hybridized carbons (Fsp3) is 0.684. The first-order chi connectivity index (χ1) is 11.7. The molecule has 1 aliphatic heterocycles. The molecule has 2 atom stereocenters. The van der Waals surface area contributed by atoms with Crippen molar-refractivity contribution in [1.82, 2.24) is 4.98 Å². The summed E-state index contributed by atoms with van der Waals surface area (Å²) in [5, 5.41) is 2.83. The van der Waals surface area contributed by atoms with E-state index < -0.39 is 0 Å². The smallest absolute Gasteiger partial charge is 0.251 e. The fourth-order valence-electron chi connectivity index (χ4n) is 3.70. The second-order valence-electron chi connectivity index (χ2n) is 7.20. The normalized spacial score (nSPS) is 24.6. The van der Waals surface area contributed by atoms with Crippen molar-refractivity contribution in [2.24, 2.45) is 5.92 Å². The van der Waals surface area contributed by atoms with Gasteiger partial charge in [0.15, 0.2) is 0 Å². The van der Waals surface area contributed by atoms with Crippen LogP contribution in [-0.2, 0) is 9.53 Å². The van der Waals surface area contributed by atoms with Gasteiger partial charge in [0, 0.05) is 13.1 Å². The lowest BCUT2D eigenvalue weighted by Gasteiger charge is -2.28. The third-order valence-electron chi connectivity index (χ3n) is 5.07. The molecule has 5 nitrogen and oxygen atoms in total. The molecule has 5 heteroatoms. The monoisotopic (exact) mass is 331 g/mol. The number of carbonyl (C=O) groups is 1. The Morgan fingerprint density at radius 2 is 2.08 bits per heavy atom. The van der Waals surface area contributed by atoms with Gasteiger partial charge in [-0.1, -0.05) is 19.8 Å². The van der Waals surface area contributed by atoms with Gasteiger partial charge < -0.3 is 15.0 Å². The van der Waals surface area contributed by atoms with Crippen molar-refractivity contribution in [2.45, 2.75) is 58.0 Å². The summed E-state index contributed by atoms with van der Waals surface area (Å²) in [7, 11) is 0. The van der Waals surface area contributed by atoms with Crippen LogP contribution in [0, 0.1) is 5.92 Å². The average Bonchev–Trinajstić information content (AvgIpc) is 2.61. The van der Waals surface area contributed by atoms with Crippen LogP contribution < -0.4 is 10.2 Å². The second kappa shape index (κ2) is 8.47. The Morgan fingerprint density at radius 3 is 2.79 bits per heavy atom. The Hall–Kier alpha value is -1.62. The van der Waals surface area contributed by atoms with Crippen molar-refractivity contribution >= 4 is 17.4 Å². The van der Waals surface area contributed by atoms with Crippen molar-refractivity contribution in [1.29, 1.82) is 0 Å². The summed E-state index contributed by atoms with van der Waals surface area (Å²) in [5.74, 6) is 1.18. The first-order valence-corrected chi connectivity index (χ1v) is 9.33. The summed E-state index contributed by atoms with van der Waals surface area (Å²) >= 11 is 0. The lowest BCUT2D eigenvalue weighted by molar-refractivity contribution is -0.123. The van der Waals surface area contributed by atoms with E-state index in [-0.39, 0.29) is 18.6 Å². The summed E-state index contributed by atoms with van der Waals surface area (Å²) in [6.45, 7) is 4.57. The van der Waals surface area contributed by atoms with E-state index in [9.17, 15) is 4.79 Å². The van der Waals surface area contributed by atoms with Gasteiger partial charge in [-0.3, -0.25) is 4.79 Å². The molecular formula is C19H29N3O2. The summed E-state index contributed by atoms with van der Waals surface area (Å²) in [4.78, 5) is 18.8. The number of rotatable bonds is 5. The summed E-state index contributed by atoms with van der Waals surface area (Å²) in [5.41, 5.74) is 1.14. The van der Waals surface area contributed by atoms with E-state index in [0.29, 0.717) is 11.7 Å². The van der Waals surface area contributed by atoms with Crippen LogP contribution in [0.1, 0.15) is 51.9 Å². The molecule has 24 heavy (non-hydrogen) atoms. The van der Waals surface area contributed by atoms with Gasteiger partial charge in [0.05, 0.1) is 18.0 Å².